The molecule has 4 aromatic rings. The predicted molar refractivity (Wildman–Crippen MR) is 144 cm³/mol. The highest BCUT2D eigenvalue weighted by Gasteiger charge is 2.31. The number of imidazole rings is 1. The summed E-state index contributed by atoms with van der Waals surface area (Å²) in [6.07, 6.45) is -2.94. The number of rotatable bonds is 8. The van der Waals surface area contributed by atoms with Crippen LogP contribution in [0.1, 0.15) is 12.0 Å². The third-order valence-electron chi connectivity index (χ3n) is 6.87. The van der Waals surface area contributed by atoms with Crippen LogP contribution in [0, 0.1) is 10.1 Å². The Morgan fingerprint density at radius 2 is 1.80 bits per heavy atom. The van der Waals surface area contributed by atoms with E-state index >= 15 is 0 Å². The van der Waals surface area contributed by atoms with Gasteiger partial charge in [-0.05, 0) is 40.8 Å². The molecule has 0 bridgehead atoms. The van der Waals surface area contributed by atoms with Crippen LogP contribution in [0.15, 0.2) is 48.7 Å². The Balaban J connectivity index is 1.01. The molecule has 1 fully saturated rings. The number of hydrogen-bond acceptors (Lipinski definition) is 10. The number of benzene rings is 2. The summed E-state index contributed by atoms with van der Waals surface area (Å²) in [6, 6.07) is 12.0. The molecule has 11 nitrogen and oxygen atoms in total. The fourth-order valence-electron chi connectivity index (χ4n) is 4.80. The van der Waals surface area contributed by atoms with E-state index in [0.717, 1.165) is 47.1 Å². The van der Waals surface area contributed by atoms with E-state index in [4.69, 9.17) is 14.5 Å². The summed E-state index contributed by atoms with van der Waals surface area (Å²) < 4.78 is 55.5. The standard InChI is InChI=1S/C26H25F3N6O5S/c27-26(28,29)40-18-3-1-17(2-4-18)14-32-9-11-33(12-10-32)25-30-21-6-5-19(13-22(21)41-25)38-16-20-7-8-34-15-23(35(36)37)31-24(34)39-20/h1-6,13,15,20H,7-12,14,16H2/t20-/m1/s1. The van der Waals surface area contributed by atoms with Crippen molar-refractivity contribution >= 4 is 32.5 Å². The molecule has 15 heteroatoms. The van der Waals surface area contributed by atoms with Crippen molar-refractivity contribution in [3.63, 3.8) is 0 Å². The summed E-state index contributed by atoms with van der Waals surface area (Å²) in [7, 11) is 0. The summed E-state index contributed by atoms with van der Waals surface area (Å²) >= 11 is 1.59. The minimum absolute atomic E-state index is 0.223. The predicted octanol–water partition coefficient (Wildman–Crippen LogP) is 4.85. The number of piperazine rings is 1. The normalized spacial score (nSPS) is 17.7. The molecule has 0 aliphatic carbocycles. The maximum Gasteiger partial charge on any atom is 0.573 e. The number of halogens is 3. The molecule has 0 unspecified atom stereocenters. The number of fused-ring (bicyclic) bond motifs is 2. The molecule has 0 N–H and O–H groups in total. The van der Waals surface area contributed by atoms with Crippen LogP contribution in [0.3, 0.4) is 0 Å². The molecular formula is C26H25F3N6O5S. The lowest BCUT2D eigenvalue weighted by molar-refractivity contribution is -0.389. The average Bonchev–Trinajstić information content (AvgIpc) is 3.56. The van der Waals surface area contributed by atoms with Crippen LogP contribution in [0.5, 0.6) is 17.5 Å². The van der Waals surface area contributed by atoms with Crippen molar-refractivity contribution in [1.29, 1.82) is 0 Å². The van der Waals surface area contributed by atoms with Crippen molar-refractivity contribution in [2.24, 2.45) is 0 Å². The molecule has 2 aliphatic heterocycles. The summed E-state index contributed by atoms with van der Waals surface area (Å²) in [5, 5.41) is 11.9. The van der Waals surface area contributed by atoms with Gasteiger partial charge >= 0.3 is 18.2 Å². The summed E-state index contributed by atoms with van der Waals surface area (Å²) in [6.45, 7) is 4.67. The van der Waals surface area contributed by atoms with Crippen molar-refractivity contribution in [3.8, 4) is 17.5 Å². The molecule has 4 heterocycles. The first kappa shape index (κ1) is 27.1. The Hall–Kier alpha value is -4.11. The van der Waals surface area contributed by atoms with Gasteiger partial charge in [-0.25, -0.2) is 4.98 Å². The van der Waals surface area contributed by atoms with Gasteiger partial charge in [0.1, 0.15) is 30.4 Å². The minimum Gasteiger partial charge on any atom is -0.490 e. The third-order valence-corrected chi connectivity index (χ3v) is 7.95. The lowest BCUT2D eigenvalue weighted by Gasteiger charge is -2.34. The summed E-state index contributed by atoms with van der Waals surface area (Å²) in [5.41, 5.74) is 1.80. The lowest BCUT2D eigenvalue weighted by Crippen LogP contribution is -2.45. The van der Waals surface area contributed by atoms with Crippen molar-refractivity contribution in [1.82, 2.24) is 19.4 Å². The molecule has 41 heavy (non-hydrogen) atoms. The van der Waals surface area contributed by atoms with Gasteiger partial charge in [0.05, 0.1) is 10.2 Å². The highest BCUT2D eigenvalue weighted by Crippen LogP contribution is 2.33. The van der Waals surface area contributed by atoms with Gasteiger partial charge in [0, 0.05) is 50.7 Å². The number of aryl methyl sites for hydroxylation is 1. The van der Waals surface area contributed by atoms with Crippen LogP contribution in [-0.4, -0.2) is 69.6 Å². The molecular weight excluding hydrogens is 565 g/mol. The van der Waals surface area contributed by atoms with Gasteiger partial charge in [-0.15, -0.1) is 13.2 Å². The van der Waals surface area contributed by atoms with E-state index in [1.54, 1.807) is 28.0 Å². The van der Waals surface area contributed by atoms with Gasteiger partial charge in [-0.1, -0.05) is 23.5 Å². The minimum atomic E-state index is -4.70. The van der Waals surface area contributed by atoms with E-state index in [9.17, 15) is 23.3 Å². The topological polar surface area (TPSA) is 108 Å². The van der Waals surface area contributed by atoms with E-state index in [0.29, 0.717) is 25.3 Å². The van der Waals surface area contributed by atoms with Crippen LogP contribution < -0.4 is 19.1 Å². The van der Waals surface area contributed by atoms with Crippen molar-refractivity contribution in [2.75, 3.05) is 37.7 Å². The fraction of sp³-hybridized carbons (Fsp3) is 0.385. The second-order valence-corrected chi connectivity index (χ2v) is 10.8. The Kier molecular flexibility index (Phi) is 7.30. The van der Waals surface area contributed by atoms with E-state index in [1.165, 1.54) is 18.3 Å². The number of thiazole rings is 1. The molecule has 2 aliphatic rings. The van der Waals surface area contributed by atoms with Crippen LogP contribution in [0.2, 0.25) is 0 Å². The Bertz CT molecular complexity index is 1530. The average molecular weight is 591 g/mol. The summed E-state index contributed by atoms with van der Waals surface area (Å²) in [5.74, 6) is 0.231. The first-order chi connectivity index (χ1) is 19.7. The van der Waals surface area contributed by atoms with Crippen LogP contribution in [-0.2, 0) is 13.1 Å². The molecule has 0 radical (unpaired) electrons. The number of aromatic nitrogens is 3. The summed E-state index contributed by atoms with van der Waals surface area (Å²) in [4.78, 5) is 23.6. The van der Waals surface area contributed by atoms with Gasteiger partial charge in [0.25, 0.3) is 0 Å². The highest BCUT2D eigenvalue weighted by atomic mass is 32.1. The third kappa shape index (κ3) is 6.46. The molecule has 0 spiro atoms. The van der Waals surface area contributed by atoms with Crippen LogP contribution in [0.25, 0.3) is 10.2 Å². The zero-order valence-corrected chi connectivity index (χ0v) is 22.4. The number of hydrogen-bond donors (Lipinski definition) is 0. The Morgan fingerprint density at radius 1 is 1.05 bits per heavy atom. The molecule has 0 amide bonds. The Morgan fingerprint density at radius 3 is 2.54 bits per heavy atom. The molecule has 2 aromatic heterocycles. The lowest BCUT2D eigenvalue weighted by atomic mass is 10.2. The highest BCUT2D eigenvalue weighted by molar-refractivity contribution is 7.22. The van der Waals surface area contributed by atoms with Crippen molar-refractivity contribution in [3.05, 3.63) is 64.3 Å². The van der Waals surface area contributed by atoms with Gasteiger partial charge in [0.2, 0.25) is 0 Å². The second-order valence-electron chi connectivity index (χ2n) is 9.75. The molecule has 1 atom stereocenters. The van der Waals surface area contributed by atoms with Crippen molar-refractivity contribution < 1.29 is 32.3 Å². The van der Waals surface area contributed by atoms with Crippen molar-refractivity contribution in [2.45, 2.75) is 32.0 Å². The van der Waals surface area contributed by atoms with Crippen LogP contribution >= 0.6 is 11.3 Å². The zero-order valence-electron chi connectivity index (χ0n) is 21.6. The number of alkyl halides is 3. The largest absolute Gasteiger partial charge is 0.573 e. The SMILES string of the molecule is O=[N+]([O-])c1cn2c(n1)O[C@@H](COc1ccc3nc(N4CCN(Cc5ccc(OC(F)(F)F)cc5)CC4)sc3c1)CC2. The van der Waals surface area contributed by atoms with Gasteiger partial charge < -0.3 is 29.2 Å². The smallest absolute Gasteiger partial charge is 0.490 e. The van der Waals surface area contributed by atoms with Gasteiger partial charge in [0.15, 0.2) is 5.13 Å². The second kappa shape index (κ2) is 11.0. The molecule has 6 rings (SSSR count). The molecule has 1 saturated heterocycles. The Labute approximate surface area is 235 Å². The monoisotopic (exact) mass is 590 g/mol. The zero-order chi connectivity index (χ0) is 28.6. The molecule has 216 valence electrons. The first-order valence-electron chi connectivity index (χ1n) is 12.9. The number of nitro groups is 1. The molecule has 0 saturated carbocycles. The first-order valence-corrected chi connectivity index (χ1v) is 13.7. The van der Waals surface area contributed by atoms with E-state index in [1.807, 2.05) is 18.2 Å². The van der Waals surface area contributed by atoms with Gasteiger partial charge in [-0.3, -0.25) is 9.47 Å². The number of nitrogens with zero attached hydrogens (tertiary/aromatic N) is 6. The maximum absolute atomic E-state index is 12.4. The molecule has 2 aromatic carbocycles. The van der Waals surface area contributed by atoms with Gasteiger partial charge in [-0.2, -0.15) is 0 Å². The maximum atomic E-state index is 12.4. The van der Waals surface area contributed by atoms with E-state index in [-0.39, 0.29) is 30.3 Å². The van der Waals surface area contributed by atoms with E-state index < -0.39 is 11.3 Å². The fourth-order valence-corrected chi connectivity index (χ4v) is 5.84. The quantitative estimate of drug-likeness (QED) is 0.210. The van der Waals surface area contributed by atoms with E-state index in [2.05, 4.69) is 19.5 Å². The number of ether oxygens (including phenoxy) is 3. The number of anilines is 1. The van der Waals surface area contributed by atoms with Crippen LogP contribution in [0.4, 0.5) is 24.1 Å².